The Hall–Kier alpha value is 1.36. The number of rotatable bonds is 3. The highest BCUT2D eigenvalue weighted by Crippen LogP contribution is 2.10. The topological polar surface area (TPSA) is 18.5 Å². The molecule has 0 aliphatic rings. The summed E-state index contributed by atoms with van der Waals surface area (Å²) in [5.74, 6) is 0.610. The Bertz CT molecular complexity index is 104. The van der Waals surface area contributed by atoms with Gasteiger partial charge in [0.25, 0.3) is 0 Å². The molecule has 0 bridgehead atoms. The molecule has 1 atom stereocenters. The maximum Gasteiger partial charge on any atom is 0.115 e. The summed E-state index contributed by atoms with van der Waals surface area (Å²) in [7, 11) is 0. The van der Waals surface area contributed by atoms with Crippen LogP contribution in [0.5, 0.6) is 0 Å². The number of halogens is 3. The molecule has 0 aromatic rings. The van der Waals surface area contributed by atoms with Crippen LogP contribution < -0.4 is 0 Å². The molecule has 0 saturated carbocycles. The van der Waals surface area contributed by atoms with E-state index in [1.54, 1.807) is 0 Å². The Morgan fingerprint density at radius 1 is 1.23 bits per heavy atom. The number of alkyl halides is 1. The molecule has 0 amide bonds. The average molecular weight is 385 g/mol. The molecule has 2 nitrogen and oxygen atoms in total. The normalized spacial score (nSPS) is 13.2. The molecule has 5 heteroatoms. The Kier molecular flexibility index (Phi) is 12.8. The Morgan fingerprint density at radius 3 is 1.85 bits per heavy atom. The highest BCUT2D eigenvalue weighted by atomic mass is 79.9. The van der Waals surface area contributed by atoms with E-state index in [-0.39, 0.29) is 5.60 Å². The van der Waals surface area contributed by atoms with E-state index in [0.29, 0.717) is 5.92 Å². The summed E-state index contributed by atoms with van der Waals surface area (Å²) >= 11 is 8.53. The van der Waals surface area contributed by atoms with Crippen molar-refractivity contribution in [2.45, 2.75) is 33.3 Å². The largest absolute Gasteiger partial charge is 0.376 e. The maximum absolute atomic E-state index is 5.55. The number of hydrogen-bond donors (Lipinski definition) is 0. The van der Waals surface area contributed by atoms with Gasteiger partial charge in [-0.05, 0) is 26.7 Å². The SMILES string of the molecule is BrOBr.C[C@H](CBr)COC(C)(C)C. The van der Waals surface area contributed by atoms with E-state index in [1.807, 2.05) is 0 Å². The molecule has 0 fully saturated rings. The van der Waals surface area contributed by atoms with E-state index in [2.05, 4.69) is 79.1 Å². The number of hydrogen-bond acceptors (Lipinski definition) is 2. The van der Waals surface area contributed by atoms with Crippen LogP contribution in [0.15, 0.2) is 0 Å². The molecule has 0 spiro atoms. The summed E-state index contributed by atoms with van der Waals surface area (Å²) in [6.45, 7) is 9.24. The maximum atomic E-state index is 5.55. The van der Waals surface area contributed by atoms with Crippen molar-refractivity contribution in [3.63, 3.8) is 0 Å². The van der Waals surface area contributed by atoms with Crippen molar-refractivity contribution < 1.29 is 7.66 Å². The van der Waals surface area contributed by atoms with E-state index in [1.165, 1.54) is 0 Å². The highest BCUT2D eigenvalue weighted by Gasteiger charge is 2.11. The van der Waals surface area contributed by atoms with Gasteiger partial charge in [0.05, 0.1) is 12.2 Å². The van der Waals surface area contributed by atoms with Gasteiger partial charge < -0.3 is 4.74 Å². The standard InChI is InChI=1S/C8H17BrO.Br2O/c1-7(5-9)6-10-8(2,3)4;1-3-2/h7H,5-6H2,1-4H3;/t7-;/m1./s1. The van der Waals surface area contributed by atoms with Gasteiger partial charge in [0, 0.05) is 5.33 Å². The van der Waals surface area contributed by atoms with Crippen LogP contribution in [0.1, 0.15) is 27.7 Å². The minimum Gasteiger partial charge on any atom is -0.376 e. The van der Waals surface area contributed by atoms with E-state index in [0.717, 1.165) is 11.9 Å². The first-order chi connectivity index (χ1) is 5.87. The molecule has 0 unspecified atom stereocenters. The zero-order chi connectivity index (χ0) is 10.9. The highest BCUT2D eigenvalue weighted by molar-refractivity contribution is 9.18. The van der Waals surface area contributed by atoms with Gasteiger partial charge in [0.2, 0.25) is 0 Å². The van der Waals surface area contributed by atoms with Gasteiger partial charge in [0.1, 0.15) is 32.5 Å². The zero-order valence-electron chi connectivity index (χ0n) is 8.44. The molecule has 0 aromatic carbocycles. The average Bonchev–Trinajstić information content (AvgIpc) is 2.00. The van der Waals surface area contributed by atoms with Gasteiger partial charge in [-0.1, -0.05) is 22.9 Å². The monoisotopic (exact) mass is 382 g/mol. The van der Waals surface area contributed by atoms with Crippen LogP contribution in [0, 0.1) is 5.92 Å². The fourth-order valence-electron chi connectivity index (χ4n) is 0.437. The zero-order valence-corrected chi connectivity index (χ0v) is 13.2. The van der Waals surface area contributed by atoms with Gasteiger partial charge in [-0.25, -0.2) is 2.92 Å². The Labute approximate surface area is 107 Å². The molecule has 0 N–H and O–H groups in total. The number of ether oxygens (including phenoxy) is 1. The predicted octanol–water partition coefficient (Wildman–Crippen LogP) is 4.46. The third-order valence-corrected chi connectivity index (χ3v) is 2.17. The van der Waals surface area contributed by atoms with Gasteiger partial charge in [0.15, 0.2) is 0 Å². The summed E-state index contributed by atoms with van der Waals surface area (Å²) in [6.07, 6.45) is 0. The minimum absolute atomic E-state index is 0.0103. The first-order valence-electron chi connectivity index (χ1n) is 3.96. The molecule has 0 heterocycles. The molecule has 13 heavy (non-hydrogen) atoms. The quantitative estimate of drug-likeness (QED) is 0.669. The van der Waals surface area contributed by atoms with Crippen molar-refractivity contribution in [1.82, 2.24) is 0 Å². The van der Waals surface area contributed by atoms with Crippen LogP contribution in [0.2, 0.25) is 0 Å². The lowest BCUT2D eigenvalue weighted by atomic mass is 10.2. The molecule has 0 saturated heterocycles. The van der Waals surface area contributed by atoms with Crippen LogP contribution >= 0.6 is 48.4 Å². The van der Waals surface area contributed by atoms with Crippen LogP contribution in [-0.4, -0.2) is 17.5 Å². The van der Waals surface area contributed by atoms with Crippen LogP contribution in [0.3, 0.4) is 0 Å². The van der Waals surface area contributed by atoms with E-state index < -0.39 is 0 Å². The lowest BCUT2D eigenvalue weighted by molar-refractivity contribution is -0.0159. The van der Waals surface area contributed by atoms with E-state index >= 15 is 0 Å². The second-order valence-corrected chi connectivity index (χ2v) is 5.91. The minimum atomic E-state index is 0.0103. The first-order valence-corrected chi connectivity index (χ1v) is 6.38. The summed E-state index contributed by atoms with van der Waals surface area (Å²) in [5, 5.41) is 1.02. The summed E-state index contributed by atoms with van der Waals surface area (Å²) in [6, 6.07) is 0. The second-order valence-electron chi connectivity index (χ2n) is 3.74. The lowest BCUT2D eigenvalue weighted by Crippen LogP contribution is -2.22. The van der Waals surface area contributed by atoms with Gasteiger partial charge in [-0.15, -0.1) is 0 Å². The molecule has 0 rings (SSSR count). The lowest BCUT2D eigenvalue weighted by Gasteiger charge is -2.21. The van der Waals surface area contributed by atoms with Crippen molar-refractivity contribution >= 4 is 48.4 Å². The first kappa shape index (κ1) is 16.8. The van der Waals surface area contributed by atoms with Crippen LogP contribution in [0.25, 0.3) is 0 Å². The molecular formula is C8H17Br3O2. The molecule has 0 aliphatic heterocycles. The van der Waals surface area contributed by atoms with Crippen molar-refractivity contribution in [2.24, 2.45) is 5.92 Å². The summed E-state index contributed by atoms with van der Waals surface area (Å²) in [4.78, 5) is 0. The summed E-state index contributed by atoms with van der Waals surface area (Å²) < 4.78 is 9.43. The molecule has 0 aromatic heterocycles. The fourth-order valence-corrected chi connectivity index (χ4v) is 0.624. The van der Waals surface area contributed by atoms with Gasteiger partial charge >= 0.3 is 0 Å². The third-order valence-electron chi connectivity index (χ3n) is 1.06. The second kappa shape index (κ2) is 9.90. The van der Waals surface area contributed by atoms with Crippen LogP contribution in [-0.2, 0) is 7.66 Å². The van der Waals surface area contributed by atoms with E-state index in [9.17, 15) is 0 Å². The van der Waals surface area contributed by atoms with Crippen LogP contribution in [0.4, 0.5) is 0 Å². The van der Waals surface area contributed by atoms with Crippen molar-refractivity contribution in [2.75, 3.05) is 11.9 Å². The van der Waals surface area contributed by atoms with Gasteiger partial charge in [-0.3, -0.25) is 0 Å². The van der Waals surface area contributed by atoms with Crippen molar-refractivity contribution in [3.8, 4) is 0 Å². The predicted molar refractivity (Wildman–Crippen MR) is 67.6 cm³/mol. The smallest absolute Gasteiger partial charge is 0.115 e. The van der Waals surface area contributed by atoms with Crippen molar-refractivity contribution in [3.05, 3.63) is 0 Å². The Morgan fingerprint density at radius 2 is 1.62 bits per heavy atom. The van der Waals surface area contributed by atoms with Gasteiger partial charge in [-0.2, -0.15) is 0 Å². The molecular weight excluding hydrogens is 368 g/mol. The molecule has 82 valence electrons. The van der Waals surface area contributed by atoms with Crippen molar-refractivity contribution in [1.29, 1.82) is 0 Å². The molecule has 0 aliphatic carbocycles. The fraction of sp³-hybridized carbons (Fsp3) is 1.00. The molecule has 0 radical (unpaired) electrons. The Balaban J connectivity index is 0. The third kappa shape index (κ3) is 19.7. The van der Waals surface area contributed by atoms with E-state index in [4.69, 9.17) is 4.74 Å². The summed E-state index contributed by atoms with van der Waals surface area (Å²) in [5.41, 5.74) is 0.0103.